The van der Waals surface area contributed by atoms with Crippen molar-refractivity contribution in [2.24, 2.45) is 0 Å². The van der Waals surface area contributed by atoms with E-state index in [1.165, 1.54) is 0 Å². The van der Waals surface area contributed by atoms with Crippen LogP contribution in [0.15, 0.2) is 45.6 Å². The SMILES string of the molecule is CCCNC(=O)NC(=O)CN(Cc1ccco1)Cc1ccco1. The number of amides is 3. The first-order valence-electron chi connectivity index (χ1n) is 7.52. The van der Waals surface area contributed by atoms with Crippen LogP contribution in [0, 0.1) is 0 Å². The monoisotopic (exact) mass is 319 g/mol. The molecule has 0 spiro atoms. The van der Waals surface area contributed by atoms with Gasteiger partial charge in [-0.25, -0.2) is 4.79 Å². The molecule has 2 rings (SSSR count). The lowest BCUT2D eigenvalue weighted by molar-refractivity contribution is -0.121. The van der Waals surface area contributed by atoms with E-state index in [0.29, 0.717) is 19.6 Å². The average Bonchev–Trinajstić information content (AvgIpc) is 3.18. The number of carbonyl (C=O) groups excluding carboxylic acids is 2. The van der Waals surface area contributed by atoms with E-state index in [-0.39, 0.29) is 12.5 Å². The Bertz CT molecular complexity index is 557. The summed E-state index contributed by atoms with van der Waals surface area (Å²) in [6, 6.07) is 6.77. The molecule has 0 radical (unpaired) electrons. The molecular formula is C16H21N3O4. The van der Waals surface area contributed by atoms with Crippen molar-refractivity contribution in [1.82, 2.24) is 15.5 Å². The molecule has 0 saturated heterocycles. The van der Waals surface area contributed by atoms with Crippen LogP contribution in [0.2, 0.25) is 0 Å². The van der Waals surface area contributed by atoms with Crippen LogP contribution in [0.3, 0.4) is 0 Å². The predicted molar refractivity (Wildman–Crippen MR) is 83.4 cm³/mol. The van der Waals surface area contributed by atoms with Crippen molar-refractivity contribution < 1.29 is 18.4 Å². The van der Waals surface area contributed by atoms with Crippen molar-refractivity contribution in [3.05, 3.63) is 48.3 Å². The van der Waals surface area contributed by atoms with Gasteiger partial charge in [0.25, 0.3) is 0 Å². The van der Waals surface area contributed by atoms with Crippen molar-refractivity contribution in [1.29, 1.82) is 0 Å². The van der Waals surface area contributed by atoms with Crippen LogP contribution >= 0.6 is 0 Å². The highest BCUT2D eigenvalue weighted by Gasteiger charge is 2.16. The highest BCUT2D eigenvalue weighted by molar-refractivity contribution is 5.95. The van der Waals surface area contributed by atoms with Crippen LogP contribution in [-0.4, -0.2) is 29.9 Å². The number of rotatable bonds is 8. The second kappa shape index (κ2) is 8.79. The first-order chi connectivity index (χ1) is 11.2. The number of nitrogens with zero attached hydrogens (tertiary/aromatic N) is 1. The molecule has 2 aromatic heterocycles. The lowest BCUT2D eigenvalue weighted by Gasteiger charge is -2.19. The maximum absolute atomic E-state index is 12.0. The Labute approximate surface area is 134 Å². The number of hydrogen-bond donors (Lipinski definition) is 2. The Morgan fingerprint density at radius 1 is 1.09 bits per heavy atom. The van der Waals surface area contributed by atoms with Gasteiger partial charge in [-0.05, 0) is 30.7 Å². The van der Waals surface area contributed by atoms with Crippen LogP contribution in [0.25, 0.3) is 0 Å². The van der Waals surface area contributed by atoms with Gasteiger partial charge in [0.15, 0.2) is 0 Å². The summed E-state index contributed by atoms with van der Waals surface area (Å²) in [6.45, 7) is 3.41. The van der Waals surface area contributed by atoms with Gasteiger partial charge in [0, 0.05) is 6.54 Å². The molecule has 2 aromatic rings. The third-order valence-electron chi connectivity index (χ3n) is 3.07. The predicted octanol–water partition coefficient (Wildman–Crippen LogP) is 2.11. The maximum atomic E-state index is 12.0. The summed E-state index contributed by atoms with van der Waals surface area (Å²) >= 11 is 0. The third-order valence-corrected chi connectivity index (χ3v) is 3.07. The Morgan fingerprint density at radius 2 is 1.70 bits per heavy atom. The standard InChI is InChI=1S/C16H21N3O4/c1-2-7-17-16(21)18-15(20)12-19(10-13-5-3-8-22-13)11-14-6-4-9-23-14/h3-6,8-9H,2,7,10-12H2,1H3,(H2,17,18,20,21). The van der Waals surface area contributed by atoms with Crippen molar-refractivity contribution >= 4 is 11.9 Å². The molecule has 7 heteroatoms. The zero-order valence-corrected chi connectivity index (χ0v) is 13.1. The topological polar surface area (TPSA) is 87.7 Å². The van der Waals surface area contributed by atoms with Crippen LogP contribution < -0.4 is 10.6 Å². The first kappa shape index (κ1) is 16.8. The Kier molecular flexibility index (Phi) is 6.43. The van der Waals surface area contributed by atoms with Gasteiger partial charge in [-0.2, -0.15) is 0 Å². The fourth-order valence-electron chi connectivity index (χ4n) is 2.07. The van der Waals surface area contributed by atoms with Crippen LogP contribution in [0.1, 0.15) is 24.9 Å². The minimum atomic E-state index is -0.479. The quantitative estimate of drug-likeness (QED) is 0.778. The van der Waals surface area contributed by atoms with Gasteiger partial charge in [0.05, 0.1) is 32.2 Å². The van der Waals surface area contributed by atoms with Crippen molar-refractivity contribution in [3.8, 4) is 0 Å². The van der Waals surface area contributed by atoms with Gasteiger partial charge in [-0.1, -0.05) is 6.92 Å². The second-order valence-electron chi connectivity index (χ2n) is 5.11. The molecule has 2 N–H and O–H groups in total. The van der Waals surface area contributed by atoms with Gasteiger partial charge in [0.2, 0.25) is 5.91 Å². The molecular weight excluding hydrogens is 298 g/mol. The third kappa shape index (κ3) is 5.99. The van der Waals surface area contributed by atoms with Crippen LogP contribution in [-0.2, 0) is 17.9 Å². The van der Waals surface area contributed by atoms with E-state index in [1.54, 1.807) is 24.7 Å². The molecule has 0 saturated carbocycles. The van der Waals surface area contributed by atoms with Crippen molar-refractivity contribution in [3.63, 3.8) is 0 Å². The molecule has 0 aromatic carbocycles. The summed E-state index contributed by atoms with van der Waals surface area (Å²) in [7, 11) is 0. The van der Waals surface area contributed by atoms with Gasteiger partial charge in [-0.3, -0.25) is 15.0 Å². The first-order valence-corrected chi connectivity index (χ1v) is 7.52. The minimum Gasteiger partial charge on any atom is -0.468 e. The minimum absolute atomic E-state index is 0.0565. The molecule has 124 valence electrons. The number of furan rings is 2. The highest BCUT2D eigenvalue weighted by atomic mass is 16.3. The highest BCUT2D eigenvalue weighted by Crippen LogP contribution is 2.10. The maximum Gasteiger partial charge on any atom is 0.321 e. The van der Waals surface area contributed by atoms with Gasteiger partial charge in [-0.15, -0.1) is 0 Å². The summed E-state index contributed by atoms with van der Waals surface area (Å²) in [5, 5.41) is 4.91. The Morgan fingerprint density at radius 3 is 2.17 bits per heavy atom. The van der Waals surface area contributed by atoms with Crippen molar-refractivity contribution in [2.75, 3.05) is 13.1 Å². The molecule has 3 amide bonds. The van der Waals surface area contributed by atoms with E-state index in [2.05, 4.69) is 10.6 Å². The molecule has 0 aliphatic rings. The molecule has 0 atom stereocenters. The summed E-state index contributed by atoms with van der Waals surface area (Å²) in [6.07, 6.45) is 3.97. The van der Waals surface area contributed by atoms with Crippen LogP contribution in [0.4, 0.5) is 4.79 Å². The van der Waals surface area contributed by atoms with Crippen molar-refractivity contribution in [2.45, 2.75) is 26.4 Å². The number of hydrogen-bond acceptors (Lipinski definition) is 5. The zero-order valence-electron chi connectivity index (χ0n) is 13.1. The van der Waals surface area contributed by atoms with Crippen LogP contribution in [0.5, 0.6) is 0 Å². The molecule has 0 fully saturated rings. The lowest BCUT2D eigenvalue weighted by Crippen LogP contribution is -2.44. The summed E-state index contributed by atoms with van der Waals surface area (Å²) in [5.41, 5.74) is 0. The smallest absolute Gasteiger partial charge is 0.321 e. The van der Waals surface area contributed by atoms with E-state index < -0.39 is 6.03 Å². The fourth-order valence-corrected chi connectivity index (χ4v) is 2.07. The van der Waals surface area contributed by atoms with Gasteiger partial charge < -0.3 is 14.2 Å². The van der Waals surface area contributed by atoms with E-state index in [0.717, 1.165) is 17.9 Å². The number of nitrogens with one attached hydrogen (secondary N) is 2. The number of carbonyl (C=O) groups is 2. The molecule has 0 bridgehead atoms. The molecule has 2 heterocycles. The van der Waals surface area contributed by atoms with E-state index in [1.807, 2.05) is 24.0 Å². The normalized spacial score (nSPS) is 10.7. The molecule has 23 heavy (non-hydrogen) atoms. The number of imide groups is 1. The molecule has 0 aliphatic carbocycles. The number of urea groups is 1. The van der Waals surface area contributed by atoms with E-state index in [9.17, 15) is 9.59 Å². The summed E-state index contributed by atoms with van der Waals surface area (Å²) < 4.78 is 10.6. The Hall–Kier alpha value is -2.54. The molecule has 0 unspecified atom stereocenters. The summed E-state index contributed by atoms with van der Waals surface area (Å²) in [4.78, 5) is 25.4. The second-order valence-corrected chi connectivity index (χ2v) is 5.11. The summed E-state index contributed by atoms with van der Waals surface area (Å²) in [5.74, 6) is 1.09. The fraction of sp³-hybridized carbons (Fsp3) is 0.375. The van der Waals surface area contributed by atoms with Gasteiger partial charge in [0.1, 0.15) is 11.5 Å². The molecule has 7 nitrogen and oxygen atoms in total. The van der Waals surface area contributed by atoms with Gasteiger partial charge >= 0.3 is 6.03 Å². The zero-order chi connectivity index (χ0) is 16.5. The lowest BCUT2D eigenvalue weighted by atomic mass is 10.3. The largest absolute Gasteiger partial charge is 0.468 e. The average molecular weight is 319 g/mol. The molecule has 0 aliphatic heterocycles. The Balaban J connectivity index is 1.90. The van der Waals surface area contributed by atoms with E-state index in [4.69, 9.17) is 8.83 Å². The van der Waals surface area contributed by atoms with E-state index >= 15 is 0 Å².